The summed E-state index contributed by atoms with van der Waals surface area (Å²) >= 11 is 1.78. The summed E-state index contributed by atoms with van der Waals surface area (Å²) in [5.41, 5.74) is 0.407. The normalized spacial score (nSPS) is 11.8. The third-order valence-electron chi connectivity index (χ3n) is 3.81. The molecule has 2 heterocycles. The van der Waals surface area contributed by atoms with Gasteiger partial charge in [-0.25, -0.2) is 4.98 Å². The van der Waals surface area contributed by atoms with E-state index in [4.69, 9.17) is 0 Å². The third-order valence-corrected chi connectivity index (χ3v) is 5.88. The molecule has 0 bridgehead atoms. The Morgan fingerprint density at radius 3 is 2.53 bits per heavy atom. The number of fused-ring (bicyclic) bond motifs is 1. The summed E-state index contributed by atoms with van der Waals surface area (Å²) in [4.78, 5) is 31.1. The van der Waals surface area contributed by atoms with Crippen molar-refractivity contribution < 1.29 is 27.6 Å². The molecule has 1 amide bonds. The van der Waals surface area contributed by atoms with Gasteiger partial charge in [0.2, 0.25) is 0 Å². The number of rotatable bonds is 7. The van der Waals surface area contributed by atoms with Crippen molar-refractivity contribution in [1.29, 1.82) is 0 Å². The predicted octanol–water partition coefficient (Wildman–Crippen LogP) is 4.37. The first-order valence-electron chi connectivity index (χ1n) is 8.40. The number of anilines is 1. The molecule has 0 aliphatic rings. The average molecular weight is 460 g/mol. The number of halogens is 3. The Bertz CT molecular complexity index is 1080. The highest BCUT2D eigenvalue weighted by Gasteiger charge is 2.31. The lowest BCUT2D eigenvalue weighted by Crippen LogP contribution is -2.36. The van der Waals surface area contributed by atoms with E-state index in [0.717, 1.165) is 28.7 Å². The Hall–Kier alpha value is -2.77. The molecule has 160 valence electrons. The van der Waals surface area contributed by atoms with Gasteiger partial charge in [0.15, 0.2) is 5.13 Å². The number of thiophene rings is 1. The van der Waals surface area contributed by atoms with Gasteiger partial charge in [0.1, 0.15) is 5.75 Å². The summed E-state index contributed by atoms with van der Waals surface area (Å²) in [5.74, 6) is -0.856. The van der Waals surface area contributed by atoms with E-state index in [0.29, 0.717) is 16.8 Å². The second kappa shape index (κ2) is 8.53. The second-order valence-corrected chi connectivity index (χ2v) is 8.40. The van der Waals surface area contributed by atoms with Gasteiger partial charge < -0.3 is 9.64 Å². The van der Waals surface area contributed by atoms with Crippen molar-refractivity contribution in [3.8, 4) is 5.75 Å². The lowest BCUT2D eigenvalue weighted by atomic mass is 10.3. The van der Waals surface area contributed by atoms with Crippen molar-refractivity contribution in [2.24, 2.45) is 0 Å². The maximum Gasteiger partial charge on any atom is 0.573 e. The van der Waals surface area contributed by atoms with Crippen LogP contribution in [0.2, 0.25) is 0 Å². The van der Waals surface area contributed by atoms with Crippen LogP contribution < -0.4 is 9.64 Å². The largest absolute Gasteiger partial charge is 0.573 e. The number of aromatic nitrogens is 1. The molecule has 3 aromatic rings. The van der Waals surface area contributed by atoms with Crippen molar-refractivity contribution in [3.05, 3.63) is 45.3 Å². The van der Waals surface area contributed by atoms with Crippen LogP contribution in [0.5, 0.6) is 5.75 Å². The first kappa shape index (κ1) is 21.9. The van der Waals surface area contributed by atoms with Gasteiger partial charge in [0.25, 0.3) is 5.91 Å². The van der Waals surface area contributed by atoms with Crippen LogP contribution in [0.4, 0.5) is 23.3 Å². The Balaban J connectivity index is 1.95. The number of carbonyl (C=O) groups is 1. The van der Waals surface area contributed by atoms with Gasteiger partial charge in [-0.15, -0.1) is 13.2 Å². The number of likely N-dealkylation sites (N-methyl/N-ethyl adjacent to an activating group) is 1. The van der Waals surface area contributed by atoms with Gasteiger partial charge in [0, 0.05) is 25.2 Å². The molecule has 0 radical (unpaired) electrons. The molecular weight excluding hydrogens is 445 g/mol. The first-order chi connectivity index (χ1) is 14.0. The summed E-state index contributed by atoms with van der Waals surface area (Å²) in [7, 11) is 3.63. The Kier molecular flexibility index (Phi) is 6.24. The summed E-state index contributed by atoms with van der Waals surface area (Å²) in [6, 6.07) is 6.35. The molecule has 3 rings (SSSR count). The zero-order chi connectivity index (χ0) is 22.1. The van der Waals surface area contributed by atoms with Gasteiger partial charge in [-0.1, -0.05) is 22.7 Å². The molecule has 0 N–H and O–H groups in total. The average Bonchev–Trinajstić information content (AvgIpc) is 3.26. The number of nitro groups is 1. The molecule has 0 aliphatic carbocycles. The number of carbonyl (C=O) groups excluding carboxylic acids is 1. The monoisotopic (exact) mass is 460 g/mol. The molecule has 0 atom stereocenters. The minimum absolute atomic E-state index is 0.163. The number of alkyl halides is 3. The van der Waals surface area contributed by atoms with Crippen LogP contribution in [0.25, 0.3) is 10.2 Å². The first-order valence-corrected chi connectivity index (χ1v) is 10.0. The molecule has 8 nitrogen and oxygen atoms in total. The predicted molar refractivity (Wildman–Crippen MR) is 108 cm³/mol. The summed E-state index contributed by atoms with van der Waals surface area (Å²) in [5, 5.41) is 11.0. The molecule has 0 spiro atoms. The number of benzene rings is 1. The molecular formula is C17H15F3N4O4S2. The van der Waals surface area contributed by atoms with Crippen LogP contribution in [-0.4, -0.2) is 54.3 Å². The molecule has 1 aromatic carbocycles. The van der Waals surface area contributed by atoms with E-state index in [1.807, 2.05) is 19.0 Å². The zero-order valence-electron chi connectivity index (χ0n) is 15.7. The standard InChI is InChI=1S/C17H15F3N4O4S2/c1-22(2)7-8-23(15(25)12-5-6-14(29-12)24(26)27)16-21-11-4-3-10(9-13(11)30-16)28-17(18,19)20/h3-6,9H,7-8H2,1-2H3. The Morgan fingerprint density at radius 1 is 1.20 bits per heavy atom. The number of thiazole rings is 1. The van der Waals surface area contributed by atoms with E-state index in [2.05, 4.69) is 9.72 Å². The van der Waals surface area contributed by atoms with Crippen LogP contribution in [0.1, 0.15) is 9.67 Å². The van der Waals surface area contributed by atoms with Crippen molar-refractivity contribution in [3.63, 3.8) is 0 Å². The maximum atomic E-state index is 13.0. The highest BCUT2D eigenvalue weighted by Crippen LogP contribution is 2.34. The highest BCUT2D eigenvalue weighted by molar-refractivity contribution is 7.22. The number of amides is 1. The number of nitrogens with zero attached hydrogens (tertiary/aromatic N) is 4. The summed E-state index contributed by atoms with van der Waals surface area (Å²) in [6.45, 7) is 0.723. The highest BCUT2D eigenvalue weighted by atomic mass is 32.1. The van der Waals surface area contributed by atoms with E-state index >= 15 is 0 Å². The molecule has 0 unspecified atom stereocenters. The Morgan fingerprint density at radius 2 is 1.93 bits per heavy atom. The third kappa shape index (κ3) is 5.23. The van der Waals surface area contributed by atoms with Gasteiger partial charge in [0.05, 0.1) is 20.0 Å². The molecule has 0 aliphatic heterocycles. The van der Waals surface area contributed by atoms with Gasteiger partial charge >= 0.3 is 11.4 Å². The van der Waals surface area contributed by atoms with Gasteiger partial charge in [-0.3, -0.25) is 19.8 Å². The molecule has 0 fully saturated rings. The van der Waals surface area contributed by atoms with Crippen LogP contribution in [-0.2, 0) is 0 Å². The molecule has 13 heteroatoms. The zero-order valence-corrected chi connectivity index (χ0v) is 17.3. The lowest BCUT2D eigenvalue weighted by Gasteiger charge is -2.21. The smallest absolute Gasteiger partial charge is 0.406 e. The molecule has 0 saturated carbocycles. The lowest BCUT2D eigenvalue weighted by molar-refractivity contribution is -0.380. The van der Waals surface area contributed by atoms with E-state index in [-0.39, 0.29) is 27.3 Å². The quantitative estimate of drug-likeness (QED) is 0.384. The maximum absolute atomic E-state index is 13.0. The number of hydrogen-bond acceptors (Lipinski definition) is 8. The van der Waals surface area contributed by atoms with Crippen molar-refractivity contribution in [1.82, 2.24) is 9.88 Å². The fourth-order valence-electron chi connectivity index (χ4n) is 2.46. The minimum Gasteiger partial charge on any atom is -0.406 e. The van der Waals surface area contributed by atoms with Crippen molar-refractivity contribution in [2.75, 3.05) is 32.1 Å². The van der Waals surface area contributed by atoms with E-state index in [9.17, 15) is 28.1 Å². The van der Waals surface area contributed by atoms with Crippen LogP contribution in [0.15, 0.2) is 30.3 Å². The molecule has 2 aromatic heterocycles. The fourth-order valence-corrected chi connectivity index (χ4v) is 4.25. The van der Waals surface area contributed by atoms with E-state index < -0.39 is 17.2 Å². The topological polar surface area (TPSA) is 88.8 Å². The van der Waals surface area contributed by atoms with Crippen LogP contribution >= 0.6 is 22.7 Å². The molecule has 30 heavy (non-hydrogen) atoms. The molecule has 0 saturated heterocycles. The van der Waals surface area contributed by atoms with E-state index in [1.165, 1.54) is 29.2 Å². The van der Waals surface area contributed by atoms with Gasteiger partial charge in [-0.2, -0.15) is 0 Å². The minimum atomic E-state index is -4.82. The number of ether oxygens (including phenoxy) is 1. The summed E-state index contributed by atoms with van der Waals surface area (Å²) < 4.78 is 41.7. The van der Waals surface area contributed by atoms with Crippen molar-refractivity contribution >= 4 is 48.9 Å². The SMILES string of the molecule is CN(C)CCN(C(=O)c1ccc([N+](=O)[O-])s1)c1nc2ccc(OC(F)(F)F)cc2s1. The van der Waals surface area contributed by atoms with E-state index in [1.54, 1.807) is 0 Å². The summed E-state index contributed by atoms with van der Waals surface area (Å²) in [6.07, 6.45) is -4.82. The fraction of sp³-hybridized carbons (Fsp3) is 0.294. The Labute approximate surface area is 176 Å². The van der Waals surface area contributed by atoms with Crippen molar-refractivity contribution in [2.45, 2.75) is 6.36 Å². The second-order valence-electron chi connectivity index (χ2n) is 6.33. The number of hydrogen-bond donors (Lipinski definition) is 0. The van der Waals surface area contributed by atoms with Gasteiger partial charge in [-0.05, 0) is 32.3 Å². The van der Waals surface area contributed by atoms with Crippen LogP contribution in [0, 0.1) is 10.1 Å². The van der Waals surface area contributed by atoms with Crippen LogP contribution in [0.3, 0.4) is 0 Å².